The Bertz CT molecular complexity index is 52.4. The molecule has 0 aliphatic carbocycles. The molecule has 0 rings (SSSR count). The zero-order valence-corrected chi connectivity index (χ0v) is 4.77. The molecule has 5 heavy (non-hydrogen) atoms. The summed E-state index contributed by atoms with van der Waals surface area (Å²) in [5, 5.41) is 0. The van der Waals surface area contributed by atoms with Gasteiger partial charge in [-0.2, -0.15) is 0 Å². The number of rotatable bonds is 0. The molecule has 0 aromatic heterocycles. The molecule has 0 bridgehead atoms. The van der Waals surface area contributed by atoms with E-state index in [1.54, 1.807) is 0 Å². The largest absolute Gasteiger partial charge is 0.310 e. The van der Waals surface area contributed by atoms with E-state index >= 15 is 0 Å². The highest BCUT2D eigenvalue weighted by molar-refractivity contribution is 14.1. The van der Waals surface area contributed by atoms with Gasteiger partial charge in [0.25, 0.3) is 0 Å². The zero-order chi connectivity index (χ0) is 4.28. The molecule has 0 spiro atoms. The van der Waals surface area contributed by atoms with Gasteiger partial charge in [-0.1, -0.05) is 28.5 Å². The van der Waals surface area contributed by atoms with Crippen LogP contribution in [0.2, 0.25) is 0 Å². The van der Waals surface area contributed by atoms with E-state index in [4.69, 9.17) is 12.2 Å². The first-order valence-corrected chi connectivity index (χ1v) is 2.37. The van der Waals surface area contributed by atoms with Crippen LogP contribution in [0.4, 0.5) is 0 Å². The maximum atomic E-state index is 5.04. The van der Waals surface area contributed by atoms with Crippen LogP contribution in [0.25, 0.3) is 0 Å². The van der Waals surface area contributed by atoms with Crippen LogP contribution in [0.3, 0.4) is 0 Å². The highest BCUT2D eigenvalue weighted by atomic mass is 127. The molecule has 0 fully saturated rings. The second-order valence-corrected chi connectivity index (χ2v) is 1.91. The number of nitrogens with two attached hydrogens (primary N) is 1. The Labute approximate surface area is 45.1 Å². The molecule has 0 aliphatic heterocycles. The Morgan fingerprint density at radius 2 is 2.20 bits per heavy atom. The summed E-state index contributed by atoms with van der Waals surface area (Å²) in [5.74, 6) is 2.29. The fourth-order valence-electron chi connectivity index (χ4n) is 0. The second-order valence-electron chi connectivity index (χ2n) is 0.568. The van der Waals surface area contributed by atoms with Crippen LogP contribution >= 0.6 is 22.6 Å². The van der Waals surface area contributed by atoms with E-state index in [9.17, 15) is 0 Å². The summed E-state index contributed by atoms with van der Waals surface area (Å²) in [5.41, 5.74) is 5.04. The van der Waals surface area contributed by atoms with Crippen molar-refractivity contribution in [3.63, 3.8) is 0 Å². The summed E-state index contributed by atoms with van der Waals surface area (Å²) in [6.07, 6.45) is 4.79. The van der Waals surface area contributed by atoms with Gasteiger partial charge in [0.15, 0.2) is 0 Å². The Balaban J connectivity index is 2.94. The number of hydrogen-bond acceptors (Lipinski definition) is 1. The molecule has 0 amide bonds. The lowest BCUT2D eigenvalue weighted by molar-refractivity contribution is 1.26. The normalized spacial score (nSPS) is 13.0. The highest BCUT2D eigenvalue weighted by Gasteiger charge is 1.76. The third-order valence-electron chi connectivity index (χ3n) is 0.159. The molecule has 0 saturated carbocycles. The third-order valence-corrected chi connectivity index (χ3v) is 0.519. The van der Waals surface area contributed by atoms with E-state index in [0.717, 1.165) is 0 Å². The summed E-state index contributed by atoms with van der Waals surface area (Å²) in [6.45, 7) is 0. The van der Waals surface area contributed by atoms with E-state index in [1.807, 2.05) is 22.6 Å². The van der Waals surface area contributed by atoms with Crippen molar-refractivity contribution in [1.82, 2.24) is 0 Å². The minimum atomic E-state index is -0.118. The van der Waals surface area contributed by atoms with Crippen LogP contribution in [-0.2, 0) is 0 Å². The third kappa shape index (κ3) is 4.25. The summed E-state index contributed by atoms with van der Waals surface area (Å²) in [4.78, 5) is 0. The van der Waals surface area contributed by atoms with Crippen molar-refractivity contribution in [2.24, 2.45) is 5.73 Å². The molecule has 0 heterocycles. The predicted octanol–water partition coefficient (Wildman–Crippen LogP) is 0.339. The molecule has 1 atom stereocenters. The topological polar surface area (TPSA) is 26.0 Å². The first kappa shape index (κ1) is 5.25. The molecular formula is C3H4IN. The molecular weight excluding hydrogens is 177 g/mol. The van der Waals surface area contributed by atoms with Crippen molar-refractivity contribution in [1.29, 1.82) is 0 Å². The lowest BCUT2D eigenvalue weighted by Crippen LogP contribution is -2.05. The van der Waals surface area contributed by atoms with Gasteiger partial charge in [0, 0.05) is 0 Å². The molecule has 1 unspecified atom stereocenters. The second kappa shape index (κ2) is 2.49. The van der Waals surface area contributed by atoms with Crippen LogP contribution in [0.15, 0.2) is 0 Å². The average molecular weight is 181 g/mol. The maximum Gasteiger partial charge on any atom is 0.118 e. The predicted molar refractivity (Wildman–Crippen MR) is 30.8 cm³/mol. The van der Waals surface area contributed by atoms with E-state index in [2.05, 4.69) is 5.92 Å². The Hall–Kier alpha value is 0.250. The van der Waals surface area contributed by atoms with Crippen molar-refractivity contribution in [3.05, 3.63) is 0 Å². The quantitative estimate of drug-likeness (QED) is 0.248. The van der Waals surface area contributed by atoms with E-state index < -0.39 is 0 Å². The number of halogens is 1. The van der Waals surface area contributed by atoms with Gasteiger partial charge < -0.3 is 5.73 Å². The molecule has 1 nitrogen and oxygen atoms in total. The first-order valence-electron chi connectivity index (χ1n) is 1.13. The van der Waals surface area contributed by atoms with E-state index in [-0.39, 0.29) is 4.05 Å². The summed E-state index contributed by atoms with van der Waals surface area (Å²) < 4.78 is -0.118. The monoisotopic (exact) mass is 181 g/mol. The molecule has 0 aromatic carbocycles. The molecule has 0 aliphatic rings. The fraction of sp³-hybridized carbons (Fsp3) is 0.333. The van der Waals surface area contributed by atoms with Crippen LogP contribution in [0.1, 0.15) is 0 Å². The Morgan fingerprint density at radius 1 is 2.00 bits per heavy atom. The van der Waals surface area contributed by atoms with Crippen LogP contribution in [-0.4, -0.2) is 4.05 Å². The molecule has 2 N–H and O–H groups in total. The van der Waals surface area contributed by atoms with Gasteiger partial charge in [0.2, 0.25) is 0 Å². The van der Waals surface area contributed by atoms with Crippen molar-refractivity contribution < 1.29 is 0 Å². The highest BCUT2D eigenvalue weighted by Crippen LogP contribution is 1.82. The van der Waals surface area contributed by atoms with Crippen LogP contribution in [0, 0.1) is 12.3 Å². The van der Waals surface area contributed by atoms with Crippen molar-refractivity contribution in [2.75, 3.05) is 0 Å². The fourth-order valence-corrected chi connectivity index (χ4v) is 0. The summed E-state index contributed by atoms with van der Waals surface area (Å²) in [6, 6.07) is 0. The summed E-state index contributed by atoms with van der Waals surface area (Å²) >= 11 is 1.95. The van der Waals surface area contributed by atoms with Gasteiger partial charge in [0.05, 0.1) is 0 Å². The SMILES string of the molecule is C#CC(N)I. The van der Waals surface area contributed by atoms with Crippen LogP contribution in [0.5, 0.6) is 0 Å². The Kier molecular flexibility index (Phi) is 2.61. The lowest BCUT2D eigenvalue weighted by Gasteiger charge is -1.79. The molecule has 2 heteroatoms. The van der Waals surface area contributed by atoms with E-state index in [0.29, 0.717) is 0 Å². The molecule has 28 valence electrons. The van der Waals surface area contributed by atoms with Gasteiger partial charge >= 0.3 is 0 Å². The van der Waals surface area contributed by atoms with Crippen LogP contribution < -0.4 is 5.73 Å². The Morgan fingerprint density at radius 3 is 2.20 bits per heavy atom. The number of hydrogen-bond donors (Lipinski definition) is 1. The van der Waals surface area contributed by atoms with Gasteiger partial charge in [-0.3, -0.25) is 0 Å². The van der Waals surface area contributed by atoms with E-state index in [1.165, 1.54) is 0 Å². The van der Waals surface area contributed by atoms with Crippen molar-refractivity contribution >= 4 is 22.6 Å². The maximum absolute atomic E-state index is 5.04. The zero-order valence-electron chi connectivity index (χ0n) is 2.61. The number of alkyl halides is 1. The average Bonchev–Trinajstić information content (AvgIpc) is 1.38. The van der Waals surface area contributed by atoms with Gasteiger partial charge in [-0.15, -0.1) is 6.42 Å². The molecule has 0 saturated heterocycles. The van der Waals surface area contributed by atoms with Crippen molar-refractivity contribution in [3.8, 4) is 12.3 Å². The minimum absolute atomic E-state index is 0.118. The molecule has 0 aromatic rings. The minimum Gasteiger partial charge on any atom is -0.310 e. The smallest absolute Gasteiger partial charge is 0.118 e. The summed E-state index contributed by atoms with van der Waals surface area (Å²) in [7, 11) is 0. The van der Waals surface area contributed by atoms with Gasteiger partial charge in [-0.25, -0.2) is 0 Å². The van der Waals surface area contributed by atoms with Crippen molar-refractivity contribution in [2.45, 2.75) is 4.05 Å². The standard InChI is InChI=1S/C3H4IN/c1-2-3(4)5/h1,3H,5H2. The molecule has 0 radical (unpaired) electrons. The lowest BCUT2D eigenvalue weighted by atomic mass is 10.7. The van der Waals surface area contributed by atoms with Gasteiger partial charge in [-0.05, 0) is 0 Å². The number of terminal acetylenes is 1. The van der Waals surface area contributed by atoms with Gasteiger partial charge in [0.1, 0.15) is 4.05 Å². The first-order chi connectivity index (χ1) is 2.27.